The molecule has 2 atom stereocenters. The number of H-pyrrole nitrogens is 1. The van der Waals surface area contributed by atoms with E-state index >= 15 is 0 Å². The molecule has 2 unspecified atom stereocenters. The number of benzene rings is 2. The Morgan fingerprint density at radius 1 is 0.945 bits per heavy atom. The van der Waals surface area contributed by atoms with Crippen LogP contribution in [0.25, 0.3) is 43.6 Å². The highest BCUT2D eigenvalue weighted by atomic mass is 32.1. The van der Waals surface area contributed by atoms with Crippen LogP contribution in [0.3, 0.4) is 0 Å². The predicted molar refractivity (Wildman–Crippen MR) is 216 cm³/mol. The third kappa shape index (κ3) is 6.15. The van der Waals surface area contributed by atoms with Gasteiger partial charge in [0.15, 0.2) is 10.8 Å². The average Bonchev–Trinajstić information content (AvgIpc) is 3.80. The summed E-state index contributed by atoms with van der Waals surface area (Å²) in [6.45, 7) is 11.2. The van der Waals surface area contributed by atoms with Crippen LogP contribution in [0, 0.1) is 30.1 Å². The van der Waals surface area contributed by atoms with Crippen molar-refractivity contribution in [3.05, 3.63) is 83.3 Å². The molecule has 1 amide bonds. The van der Waals surface area contributed by atoms with E-state index < -0.39 is 5.97 Å². The molecule has 11 nitrogen and oxygen atoms in total. The molecule has 0 aliphatic heterocycles. The van der Waals surface area contributed by atoms with Gasteiger partial charge in [0.25, 0.3) is 5.91 Å². The van der Waals surface area contributed by atoms with Crippen LogP contribution < -0.4 is 10.6 Å². The second-order valence-corrected chi connectivity index (χ2v) is 18.3. The Kier molecular flexibility index (Phi) is 8.34. The maximum Gasteiger partial charge on any atom is 0.355 e. The van der Waals surface area contributed by atoms with Crippen molar-refractivity contribution in [3.63, 3.8) is 0 Å². The molecule has 4 fully saturated rings. The highest BCUT2D eigenvalue weighted by Crippen LogP contribution is 2.72. The number of nitrogens with one attached hydrogen (secondary N) is 3. The molecule has 12 heteroatoms. The van der Waals surface area contributed by atoms with Gasteiger partial charge in [0, 0.05) is 35.3 Å². The van der Waals surface area contributed by atoms with Crippen molar-refractivity contribution in [2.45, 2.75) is 78.4 Å². The molecule has 0 saturated heterocycles. The van der Waals surface area contributed by atoms with E-state index in [1.54, 1.807) is 12.3 Å². The van der Waals surface area contributed by atoms with E-state index in [1.165, 1.54) is 17.8 Å². The molecule has 0 radical (unpaired) electrons. The van der Waals surface area contributed by atoms with Crippen molar-refractivity contribution in [1.82, 2.24) is 30.0 Å². The number of hydrogen-bond acceptors (Lipinski definition) is 8. The van der Waals surface area contributed by atoms with Crippen LogP contribution in [0.15, 0.2) is 60.8 Å². The minimum atomic E-state index is -1.11. The molecular weight excluding hydrogens is 711 g/mol. The van der Waals surface area contributed by atoms with Gasteiger partial charge < -0.3 is 20.1 Å². The number of carboxylic acids is 1. The van der Waals surface area contributed by atoms with Crippen molar-refractivity contribution in [1.29, 1.82) is 0 Å². The zero-order valence-electron chi connectivity index (χ0n) is 32.0. The lowest BCUT2D eigenvalue weighted by atomic mass is 9.39. The first-order valence-electron chi connectivity index (χ1n) is 19.1. The second-order valence-electron chi connectivity index (χ2n) is 17.3. The van der Waals surface area contributed by atoms with Crippen LogP contribution in [0.2, 0.25) is 0 Å². The van der Waals surface area contributed by atoms with E-state index in [4.69, 9.17) is 14.8 Å². The molecule has 0 spiro atoms. The average molecular weight is 758 g/mol. The molecule has 4 aliphatic rings. The number of carbonyl (C=O) groups is 2. The van der Waals surface area contributed by atoms with E-state index in [2.05, 4.69) is 39.1 Å². The first-order valence-corrected chi connectivity index (χ1v) is 20.0. The number of hydrogen-bond donors (Lipinski definition) is 4. The summed E-state index contributed by atoms with van der Waals surface area (Å²) < 4.78 is 9.85. The van der Waals surface area contributed by atoms with Crippen molar-refractivity contribution in [3.8, 4) is 22.5 Å². The number of amides is 1. The van der Waals surface area contributed by atoms with Crippen molar-refractivity contribution >= 4 is 49.5 Å². The lowest BCUT2D eigenvalue weighted by molar-refractivity contribution is -0.247. The Bertz CT molecular complexity index is 2460. The summed E-state index contributed by atoms with van der Waals surface area (Å²) in [6.07, 6.45) is 8.57. The summed E-state index contributed by atoms with van der Waals surface area (Å²) >= 11 is 1.42. The number of aromatic amines is 1. The molecule has 284 valence electrons. The molecule has 4 heterocycles. The topological polar surface area (TPSA) is 147 Å². The molecule has 4 aromatic heterocycles. The number of carbonyl (C=O) groups excluding carboxylic acids is 1. The number of aryl methyl sites for hydroxylation is 1. The molecular formula is C43H47N7O4S. The van der Waals surface area contributed by atoms with Crippen molar-refractivity contribution in [2.24, 2.45) is 16.2 Å². The van der Waals surface area contributed by atoms with Crippen LogP contribution in [0.5, 0.6) is 0 Å². The number of anilines is 1. The van der Waals surface area contributed by atoms with E-state index in [0.717, 1.165) is 77.6 Å². The third-order valence-corrected chi connectivity index (χ3v) is 13.4. The summed E-state index contributed by atoms with van der Waals surface area (Å²) in [6, 6.07) is 17.0. The van der Waals surface area contributed by atoms with Gasteiger partial charge in [0.1, 0.15) is 0 Å². The largest absolute Gasteiger partial charge is 0.476 e. The highest BCUT2D eigenvalue weighted by Gasteiger charge is 2.66. The summed E-state index contributed by atoms with van der Waals surface area (Å²) in [7, 11) is 1.97. The summed E-state index contributed by atoms with van der Waals surface area (Å²) in [5.74, 6) is -1.40. The van der Waals surface area contributed by atoms with Crippen LogP contribution in [-0.4, -0.2) is 67.5 Å². The van der Waals surface area contributed by atoms with Gasteiger partial charge in [-0.15, -0.1) is 0 Å². The molecule has 55 heavy (non-hydrogen) atoms. The number of aromatic carboxylic acids is 1. The smallest absolute Gasteiger partial charge is 0.355 e. The quantitative estimate of drug-likeness (QED) is 0.0961. The van der Waals surface area contributed by atoms with Gasteiger partial charge in [0.2, 0.25) is 0 Å². The van der Waals surface area contributed by atoms with Crippen LogP contribution in [0.4, 0.5) is 5.13 Å². The van der Waals surface area contributed by atoms with Crippen LogP contribution in [0.1, 0.15) is 84.5 Å². The van der Waals surface area contributed by atoms with Gasteiger partial charge in [-0.1, -0.05) is 49.4 Å². The molecule has 6 aromatic rings. The van der Waals surface area contributed by atoms with Gasteiger partial charge in [-0.25, -0.2) is 14.8 Å². The van der Waals surface area contributed by atoms with Gasteiger partial charge >= 0.3 is 5.97 Å². The fraction of sp³-hybridized carbons (Fsp3) is 0.419. The van der Waals surface area contributed by atoms with Crippen LogP contribution in [-0.2, 0) is 11.3 Å². The Morgan fingerprint density at radius 3 is 2.47 bits per heavy atom. The number of ether oxygens (including phenoxy) is 1. The number of nitrogens with zero attached hydrogens (tertiary/aromatic N) is 4. The number of pyridine rings is 1. The van der Waals surface area contributed by atoms with E-state index in [0.29, 0.717) is 39.8 Å². The number of para-hydroxylation sites is 2. The zero-order valence-corrected chi connectivity index (χ0v) is 32.8. The van der Waals surface area contributed by atoms with E-state index in [9.17, 15) is 14.7 Å². The molecule has 4 bridgehead atoms. The van der Waals surface area contributed by atoms with Gasteiger partial charge in [-0.3, -0.25) is 14.8 Å². The Balaban J connectivity index is 1.01. The first kappa shape index (κ1) is 35.8. The number of thiazole rings is 1. The van der Waals surface area contributed by atoms with Gasteiger partial charge in [0.05, 0.1) is 51.1 Å². The van der Waals surface area contributed by atoms with Crippen molar-refractivity contribution in [2.75, 3.05) is 25.5 Å². The molecule has 4 saturated carbocycles. The monoisotopic (exact) mass is 757 g/mol. The molecule has 4 aliphatic carbocycles. The van der Waals surface area contributed by atoms with Gasteiger partial charge in [-0.2, -0.15) is 5.10 Å². The number of likely N-dealkylation sites (N-methyl/N-ethyl adjacent to an activating group) is 1. The van der Waals surface area contributed by atoms with Crippen LogP contribution >= 0.6 is 11.3 Å². The minimum absolute atomic E-state index is 0.0429. The Labute approximate surface area is 323 Å². The normalized spacial score (nSPS) is 25.6. The standard InChI is InChI=1S/C43H47N7O4S/c1-25-27-9-8-10-29(37(51)49-39-47-31-11-6-7-12-33(31)55-39)35(27)48-34(25)32-14-13-28(36(46-32)38(52)53)30-17-45-50(26(30)2)24-42-19-40(3)18-41(4,20-42)22-43(21-40,23-42)54-16-15-44-5/h6-14,17,44,48H,15-16,18-24H2,1-5H3,(H,52,53)(H,47,49,51). The highest BCUT2D eigenvalue weighted by molar-refractivity contribution is 7.22. The Morgan fingerprint density at radius 2 is 1.73 bits per heavy atom. The predicted octanol–water partition coefficient (Wildman–Crippen LogP) is 8.63. The summed E-state index contributed by atoms with van der Waals surface area (Å²) in [5.41, 5.74) is 6.53. The molecule has 4 N–H and O–H groups in total. The van der Waals surface area contributed by atoms with E-state index in [-0.39, 0.29) is 33.4 Å². The molecule has 10 rings (SSSR count). The minimum Gasteiger partial charge on any atom is -0.476 e. The number of fused-ring (bicyclic) bond motifs is 2. The summed E-state index contributed by atoms with van der Waals surface area (Å²) in [4.78, 5) is 39.2. The fourth-order valence-corrected chi connectivity index (χ4v) is 12.4. The maximum atomic E-state index is 13.6. The maximum absolute atomic E-state index is 13.6. The van der Waals surface area contributed by atoms with E-state index in [1.807, 2.05) is 69.4 Å². The van der Waals surface area contributed by atoms with Gasteiger partial charge in [-0.05, 0) is 112 Å². The first-order chi connectivity index (χ1) is 26.3. The zero-order chi connectivity index (χ0) is 38.3. The lowest BCUT2D eigenvalue weighted by Gasteiger charge is -2.69. The SMILES string of the molecule is CNCCOC12CC3(C)CC(C)(CC(Cn4ncc(-c5ccc(-c6[nH]c7c(C(=O)Nc8nc9ccccc9s8)cccc7c6C)nc5C(=O)O)c4C)(C3)C1)C2. The molecule has 2 aromatic carbocycles. The Hall–Kier alpha value is -4.91. The fourth-order valence-electron chi connectivity index (χ4n) is 11.6. The number of carboxylic acid groups (broad SMARTS) is 1. The number of aromatic nitrogens is 5. The lowest BCUT2D eigenvalue weighted by Crippen LogP contribution is -2.64. The van der Waals surface area contributed by atoms with Crippen molar-refractivity contribution < 1.29 is 19.4 Å². The third-order valence-electron chi connectivity index (χ3n) is 12.5. The second kappa shape index (κ2) is 12.8. The summed E-state index contributed by atoms with van der Waals surface area (Å²) in [5, 5.41) is 23.0. The number of rotatable bonds is 11.